The monoisotopic (exact) mass is 311 g/mol. The maximum Gasteiger partial charge on any atom is 0.134 e. The highest BCUT2D eigenvalue weighted by Gasteiger charge is 2.20. The van der Waals surface area contributed by atoms with E-state index in [9.17, 15) is 4.39 Å². The van der Waals surface area contributed by atoms with Crippen molar-refractivity contribution >= 4 is 17.3 Å². The molecule has 0 spiro atoms. The van der Waals surface area contributed by atoms with E-state index >= 15 is 0 Å². The molecule has 0 atom stereocenters. The van der Waals surface area contributed by atoms with E-state index in [-0.39, 0.29) is 5.82 Å². The Morgan fingerprint density at radius 1 is 1.09 bits per heavy atom. The van der Waals surface area contributed by atoms with Gasteiger partial charge in [-0.25, -0.2) is 9.37 Å². The minimum absolute atomic E-state index is 0.304. The topological polar surface area (TPSA) is 30.2 Å². The molecule has 22 heavy (non-hydrogen) atoms. The van der Waals surface area contributed by atoms with E-state index in [0.717, 1.165) is 17.1 Å². The predicted octanol–water partition coefficient (Wildman–Crippen LogP) is 4.02. The van der Waals surface area contributed by atoms with Gasteiger partial charge in [0.1, 0.15) is 11.6 Å². The van der Waals surface area contributed by atoms with Gasteiger partial charge >= 0.3 is 0 Å². The second-order valence-electron chi connectivity index (χ2n) is 5.02. The van der Waals surface area contributed by atoms with Crippen molar-refractivity contribution in [2.75, 3.05) is 0 Å². The molecule has 108 valence electrons. The zero-order chi connectivity index (χ0) is 15.1. The third-order valence-electron chi connectivity index (χ3n) is 3.70. The Morgan fingerprint density at radius 3 is 2.82 bits per heavy atom. The molecule has 0 saturated carbocycles. The summed E-state index contributed by atoms with van der Waals surface area (Å²) in [5.74, 6) is 0.511. The highest BCUT2D eigenvalue weighted by atomic mass is 35.5. The molecule has 1 aromatic heterocycles. The summed E-state index contributed by atoms with van der Waals surface area (Å²) in [5, 5.41) is 0.594. The predicted molar refractivity (Wildman–Crippen MR) is 84.3 cm³/mol. The second-order valence-corrected chi connectivity index (χ2v) is 5.43. The van der Waals surface area contributed by atoms with Crippen molar-refractivity contribution in [2.45, 2.75) is 6.54 Å². The number of aromatic nitrogens is 2. The third-order valence-corrected chi connectivity index (χ3v) is 4.03. The first-order valence-corrected chi connectivity index (χ1v) is 7.24. The van der Waals surface area contributed by atoms with Gasteiger partial charge in [0.25, 0.3) is 0 Å². The van der Waals surface area contributed by atoms with Crippen molar-refractivity contribution in [3.8, 4) is 5.69 Å². The molecular weight excluding hydrogens is 301 g/mol. The molecule has 2 heterocycles. The lowest BCUT2D eigenvalue weighted by Gasteiger charge is -2.12. The van der Waals surface area contributed by atoms with E-state index in [1.807, 2.05) is 35.0 Å². The molecule has 3 aromatic rings. The van der Waals surface area contributed by atoms with Crippen molar-refractivity contribution in [3.05, 3.63) is 82.6 Å². The first kappa shape index (κ1) is 13.2. The van der Waals surface area contributed by atoms with Crippen molar-refractivity contribution < 1.29 is 4.39 Å². The van der Waals surface area contributed by atoms with Gasteiger partial charge in [-0.1, -0.05) is 29.8 Å². The maximum atomic E-state index is 13.8. The molecule has 3 nitrogen and oxygen atoms in total. The van der Waals surface area contributed by atoms with E-state index in [1.165, 1.54) is 12.1 Å². The fourth-order valence-electron chi connectivity index (χ4n) is 2.70. The molecule has 0 N–H and O–H groups in total. The summed E-state index contributed by atoms with van der Waals surface area (Å²) in [5.41, 5.74) is 3.04. The van der Waals surface area contributed by atoms with Crippen LogP contribution in [0.3, 0.4) is 0 Å². The van der Waals surface area contributed by atoms with Crippen molar-refractivity contribution in [2.24, 2.45) is 4.99 Å². The fourth-order valence-corrected chi connectivity index (χ4v) is 2.92. The van der Waals surface area contributed by atoms with Gasteiger partial charge in [-0.05, 0) is 24.3 Å². The number of aliphatic imine (C=N–C) groups is 1. The molecule has 1 aliphatic heterocycles. The van der Waals surface area contributed by atoms with Crippen LogP contribution in [0.4, 0.5) is 4.39 Å². The number of halogens is 2. The van der Waals surface area contributed by atoms with Crippen LogP contribution in [0.1, 0.15) is 17.0 Å². The number of hydrogen-bond acceptors (Lipinski definition) is 2. The lowest BCUT2D eigenvalue weighted by molar-refractivity contribution is 0.627. The highest BCUT2D eigenvalue weighted by molar-refractivity contribution is 6.35. The molecule has 4 rings (SSSR count). The van der Waals surface area contributed by atoms with Crippen LogP contribution >= 0.6 is 11.6 Å². The molecule has 0 fully saturated rings. The quantitative estimate of drug-likeness (QED) is 0.667. The zero-order valence-corrected chi connectivity index (χ0v) is 12.3. The number of rotatable bonds is 1. The molecule has 2 aromatic carbocycles. The van der Waals surface area contributed by atoms with Gasteiger partial charge in [0, 0.05) is 28.5 Å². The van der Waals surface area contributed by atoms with Crippen molar-refractivity contribution in [1.82, 2.24) is 9.55 Å². The first-order chi connectivity index (χ1) is 10.7. The molecule has 1 aliphatic rings. The molecule has 0 saturated heterocycles. The van der Waals surface area contributed by atoms with Gasteiger partial charge in [0.05, 0.1) is 17.9 Å². The van der Waals surface area contributed by atoms with Crippen LogP contribution in [0.15, 0.2) is 59.9 Å². The molecular formula is C17H11ClFN3. The van der Waals surface area contributed by atoms with Crippen LogP contribution in [-0.2, 0) is 6.54 Å². The second kappa shape index (κ2) is 5.07. The van der Waals surface area contributed by atoms with E-state index in [1.54, 1.807) is 12.3 Å². The van der Waals surface area contributed by atoms with E-state index < -0.39 is 0 Å². The van der Waals surface area contributed by atoms with Crippen LogP contribution in [-0.4, -0.2) is 15.3 Å². The SMILES string of the molecule is Fc1ccc2c(c1)C(c1ccccc1Cl)=NCc1nccn1-2. The average Bonchev–Trinajstić information content (AvgIpc) is 2.92. The Morgan fingerprint density at radius 2 is 1.95 bits per heavy atom. The molecule has 0 radical (unpaired) electrons. The summed E-state index contributed by atoms with van der Waals surface area (Å²) >= 11 is 6.31. The average molecular weight is 312 g/mol. The summed E-state index contributed by atoms with van der Waals surface area (Å²) in [7, 11) is 0. The van der Waals surface area contributed by atoms with Crippen LogP contribution < -0.4 is 0 Å². The zero-order valence-electron chi connectivity index (χ0n) is 11.5. The van der Waals surface area contributed by atoms with Crippen molar-refractivity contribution in [3.63, 3.8) is 0 Å². The highest BCUT2D eigenvalue weighted by Crippen LogP contribution is 2.28. The van der Waals surface area contributed by atoms with Gasteiger partial charge in [-0.3, -0.25) is 4.99 Å². The van der Waals surface area contributed by atoms with Gasteiger partial charge < -0.3 is 4.57 Å². The third kappa shape index (κ3) is 2.04. The Bertz CT molecular complexity index is 898. The molecule has 0 aliphatic carbocycles. The standard InChI is InChI=1S/C17H11ClFN3/c18-14-4-2-1-3-12(14)17-13-9-11(19)5-6-15(13)22-8-7-20-16(22)10-21-17/h1-9H,10H2. The summed E-state index contributed by atoms with van der Waals surface area (Å²) in [6.45, 7) is 0.420. The number of nitrogens with zero attached hydrogens (tertiary/aromatic N) is 3. The van der Waals surface area contributed by atoms with Crippen LogP contribution in [0.25, 0.3) is 5.69 Å². The minimum atomic E-state index is -0.304. The maximum absolute atomic E-state index is 13.8. The molecule has 0 unspecified atom stereocenters. The lowest BCUT2D eigenvalue weighted by atomic mass is 10.0. The molecule has 0 amide bonds. The number of fused-ring (bicyclic) bond motifs is 3. The Labute approximate surface area is 131 Å². The van der Waals surface area contributed by atoms with Crippen LogP contribution in [0.5, 0.6) is 0 Å². The Balaban J connectivity index is 2.01. The number of hydrogen-bond donors (Lipinski definition) is 0. The largest absolute Gasteiger partial charge is 0.302 e. The van der Waals surface area contributed by atoms with Gasteiger partial charge in [0.2, 0.25) is 0 Å². The van der Waals surface area contributed by atoms with E-state index in [2.05, 4.69) is 9.98 Å². The minimum Gasteiger partial charge on any atom is -0.302 e. The molecule has 5 heteroatoms. The first-order valence-electron chi connectivity index (χ1n) is 6.86. The Kier molecular flexibility index (Phi) is 3.05. The smallest absolute Gasteiger partial charge is 0.134 e. The summed E-state index contributed by atoms with van der Waals surface area (Å²) in [4.78, 5) is 8.95. The normalized spacial score (nSPS) is 13.1. The van der Waals surface area contributed by atoms with Crippen LogP contribution in [0.2, 0.25) is 5.02 Å². The van der Waals surface area contributed by atoms with Crippen molar-refractivity contribution in [1.29, 1.82) is 0 Å². The summed E-state index contributed by atoms with van der Waals surface area (Å²) < 4.78 is 15.7. The fraction of sp³-hybridized carbons (Fsp3) is 0.0588. The van der Waals surface area contributed by atoms with Gasteiger partial charge in [-0.2, -0.15) is 0 Å². The summed E-state index contributed by atoms with van der Waals surface area (Å²) in [6.07, 6.45) is 3.58. The number of imidazole rings is 1. The lowest BCUT2D eigenvalue weighted by Crippen LogP contribution is -2.08. The van der Waals surface area contributed by atoms with Gasteiger partial charge in [0.15, 0.2) is 0 Å². The van der Waals surface area contributed by atoms with Crippen LogP contribution in [0, 0.1) is 5.82 Å². The van der Waals surface area contributed by atoms with Gasteiger partial charge in [-0.15, -0.1) is 0 Å². The number of benzene rings is 2. The summed E-state index contributed by atoms with van der Waals surface area (Å²) in [6, 6.07) is 12.1. The Hall–Kier alpha value is -2.46. The molecule has 0 bridgehead atoms. The van der Waals surface area contributed by atoms with E-state index in [4.69, 9.17) is 11.6 Å². The van der Waals surface area contributed by atoms with E-state index in [0.29, 0.717) is 22.8 Å².